The zero-order chi connectivity index (χ0) is 11.7. The van der Waals surface area contributed by atoms with Crippen molar-refractivity contribution in [1.82, 2.24) is 0 Å². The molecule has 1 aliphatic heterocycles. The van der Waals surface area contributed by atoms with Gasteiger partial charge in [0.25, 0.3) is 0 Å². The number of rotatable bonds is 2. The van der Waals surface area contributed by atoms with Crippen molar-refractivity contribution in [3.63, 3.8) is 0 Å². The van der Waals surface area contributed by atoms with E-state index in [2.05, 4.69) is 5.32 Å². The summed E-state index contributed by atoms with van der Waals surface area (Å²) in [5.41, 5.74) is 1.55. The fourth-order valence-corrected chi connectivity index (χ4v) is 1.93. The second-order valence-corrected chi connectivity index (χ2v) is 3.87. The van der Waals surface area contributed by atoms with Gasteiger partial charge in [0, 0.05) is 12.1 Å². The van der Waals surface area contributed by atoms with Crippen LogP contribution in [0.25, 0.3) is 0 Å². The van der Waals surface area contributed by atoms with Crippen LogP contribution in [0.4, 0.5) is 5.69 Å². The highest BCUT2D eigenvalue weighted by Crippen LogP contribution is 2.35. The summed E-state index contributed by atoms with van der Waals surface area (Å²) < 4.78 is 5.11. The summed E-state index contributed by atoms with van der Waals surface area (Å²) in [6, 6.07) is 5.34. The normalized spacial score (nSPS) is 18.6. The van der Waals surface area contributed by atoms with Gasteiger partial charge in [-0.1, -0.05) is 0 Å². The first kappa shape index (κ1) is 10.7. The Bertz CT molecular complexity index is 454. The van der Waals surface area contributed by atoms with Gasteiger partial charge in [0.15, 0.2) is 0 Å². The van der Waals surface area contributed by atoms with Gasteiger partial charge in [-0.05, 0) is 30.7 Å². The molecule has 0 spiro atoms. The van der Waals surface area contributed by atoms with Gasteiger partial charge in [0.2, 0.25) is 5.91 Å². The third-order valence-electron chi connectivity index (χ3n) is 2.79. The topological polar surface area (TPSA) is 55.4 Å². The molecule has 0 aromatic heterocycles. The Balaban J connectivity index is 2.49. The number of amides is 1. The Hall–Kier alpha value is -1.84. The summed E-state index contributed by atoms with van der Waals surface area (Å²) >= 11 is 0. The molecule has 0 bridgehead atoms. The van der Waals surface area contributed by atoms with Gasteiger partial charge in [0.1, 0.15) is 11.5 Å². The minimum atomic E-state index is -0.348. The monoisotopic (exact) mass is 219 g/mol. The lowest BCUT2D eigenvalue weighted by Crippen LogP contribution is -2.26. The fourth-order valence-electron chi connectivity index (χ4n) is 1.93. The van der Waals surface area contributed by atoms with Crippen molar-refractivity contribution in [3.05, 3.63) is 23.8 Å². The quantitative estimate of drug-likeness (QED) is 0.823. The Labute approximate surface area is 93.6 Å². The van der Waals surface area contributed by atoms with Crippen LogP contribution in [0.5, 0.6) is 5.75 Å². The summed E-state index contributed by atoms with van der Waals surface area (Å²) in [7, 11) is 1.58. The molecular formula is C12H13NO3. The summed E-state index contributed by atoms with van der Waals surface area (Å²) in [5.74, 6) is 0.238. The van der Waals surface area contributed by atoms with E-state index in [0.717, 1.165) is 5.56 Å². The molecule has 1 aromatic carbocycles. The number of ketones is 1. The first-order valence-electron chi connectivity index (χ1n) is 5.10. The predicted molar refractivity (Wildman–Crippen MR) is 59.7 cm³/mol. The maximum Gasteiger partial charge on any atom is 0.225 e. The number of hydrogen-bond donors (Lipinski definition) is 1. The number of methoxy groups -OCH3 is 1. The third-order valence-corrected chi connectivity index (χ3v) is 2.79. The molecule has 0 aliphatic carbocycles. The van der Waals surface area contributed by atoms with Gasteiger partial charge in [-0.15, -0.1) is 0 Å². The molecule has 1 aliphatic rings. The van der Waals surface area contributed by atoms with Crippen LogP contribution in [0, 0.1) is 0 Å². The molecule has 2 rings (SSSR count). The van der Waals surface area contributed by atoms with Gasteiger partial charge in [0.05, 0.1) is 13.0 Å². The Morgan fingerprint density at radius 2 is 2.25 bits per heavy atom. The third kappa shape index (κ3) is 1.78. The number of Topliss-reactive ketones (excluding diaryl/α,β-unsaturated/α-hetero) is 1. The van der Waals surface area contributed by atoms with Gasteiger partial charge in [-0.3, -0.25) is 9.59 Å². The van der Waals surface area contributed by atoms with Gasteiger partial charge in [-0.25, -0.2) is 0 Å². The lowest BCUT2D eigenvalue weighted by Gasteiger charge is -2.24. The molecule has 16 heavy (non-hydrogen) atoms. The van der Waals surface area contributed by atoms with Crippen LogP contribution in [0.15, 0.2) is 18.2 Å². The van der Waals surface area contributed by atoms with E-state index in [-0.39, 0.29) is 24.0 Å². The first-order chi connectivity index (χ1) is 7.61. The minimum absolute atomic E-state index is 0.00403. The number of hydrogen-bond acceptors (Lipinski definition) is 3. The number of benzene rings is 1. The zero-order valence-electron chi connectivity index (χ0n) is 9.24. The molecule has 1 N–H and O–H groups in total. The summed E-state index contributed by atoms with van der Waals surface area (Å²) in [6.07, 6.45) is 0.218. The largest absolute Gasteiger partial charge is 0.497 e. The van der Waals surface area contributed by atoms with Crippen molar-refractivity contribution in [3.8, 4) is 5.75 Å². The SMILES string of the molecule is COc1ccc2c(c1)C(C(C)=O)CC(=O)N2. The maximum atomic E-state index is 11.5. The van der Waals surface area contributed by atoms with Crippen molar-refractivity contribution in [1.29, 1.82) is 0 Å². The molecule has 84 valence electrons. The second-order valence-electron chi connectivity index (χ2n) is 3.87. The molecular weight excluding hydrogens is 206 g/mol. The van der Waals surface area contributed by atoms with Gasteiger partial charge >= 0.3 is 0 Å². The molecule has 1 amide bonds. The number of carbonyl (C=O) groups excluding carboxylic acids is 2. The van der Waals surface area contributed by atoms with Crippen LogP contribution < -0.4 is 10.1 Å². The van der Waals surface area contributed by atoms with Crippen molar-refractivity contribution in [2.75, 3.05) is 12.4 Å². The molecule has 4 nitrogen and oxygen atoms in total. The van der Waals surface area contributed by atoms with E-state index in [0.29, 0.717) is 11.4 Å². The van der Waals surface area contributed by atoms with Gasteiger partial charge < -0.3 is 10.1 Å². The van der Waals surface area contributed by atoms with Crippen LogP contribution in [0.3, 0.4) is 0 Å². The number of carbonyl (C=O) groups is 2. The van der Waals surface area contributed by atoms with Crippen LogP contribution >= 0.6 is 0 Å². The van der Waals surface area contributed by atoms with Crippen molar-refractivity contribution < 1.29 is 14.3 Å². The molecule has 0 saturated carbocycles. The minimum Gasteiger partial charge on any atom is -0.497 e. The average Bonchev–Trinajstić information content (AvgIpc) is 2.27. The molecule has 0 fully saturated rings. The predicted octanol–water partition coefficient (Wildman–Crippen LogP) is 1.71. The summed E-state index contributed by atoms with van der Waals surface area (Å²) in [4.78, 5) is 22.9. The highest BCUT2D eigenvalue weighted by atomic mass is 16.5. The van der Waals surface area contributed by atoms with Crippen molar-refractivity contribution in [2.45, 2.75) is 19.3 Å². The van der Waals surface area contributed by atoms with E-state index < -0.39 is 0 Å². The van der Waals surface area contributed by atoms with E-state index in [4.69, 9.17) is 4.74 Å². The maximum absolute atomic E-state index is 11.5. The number of ether oxygens (including phenoxy) is 1. The van der Waals surface area contributed by atoms with Crippen molar-refractivity contribution in [2.24, 2.45) is 0 Å². The van der Waals surface area contributed by atoms with Crippen LogP contribution in [-0.2, 0) is 9.59 Å². The molecule has 1 aromatic rings. The van der Waals surface area contributed by atoms with E-state index in [9.17, 15) is 9.59 Å². The second kappa shape index (κ2) is 3.96. The molecule has 0 saturated heterocycles. The summed E-state index contributed by atoms with van der Waals surface area (Å²) in [5, 5.41) is 2.75. The average molecular weight is 219 g/mol. The number of fused-ring (bicyclic) bond motifs is 1. The fraction of sp³-hybridized carbons (Fsp3) is 0.333. The van der Waals surface area contributed by atoms with Gasteiger partial charge in [-0.2, -0.15) is 0 Å². The molecule has 1 unspecified atom stereocenters. The highest BCUT2D eigenvalue weighted by Gasteiger charge is 2.28. The molecule has 0 radical (unpaired) electrons. The highest BCUT2D eigenvalue weighted by molar-refractivity contribution is 6.01. The zero-order valence-corrected chi connectivity index (χ0v) is 9.24. The van der Waals surface area contributed by atoms with Crippen LogP contribution in [0.1, 0.15) is 24.8 Å². The molecule has 1 atom stereocenters. The van der Waals surface area contributed by atoms with Crippen molar-refractivity contribution >= 4 is 17.4 Å². The summed E-state index contributed by atoms with van der Waals surface area (Å²) in [6.45, 7) is 1.51. The number of anilines is 1. The van der Waals surface area contributed by atoms with Crippen LogP contribution in [-0.4, -0.2) is 18.8 Å². The Kier molecular flexibility index (Phi) is 2.64. The Morgan fingerprint density at radius 3 is 2.88 bits per heavy atom. The van der Waals surface area contributed by atoms with E-state index >= 15 is 0 Å². The molecule has 4 heteroatoms. The Morgan fingerprint density at radius 1 is 1.50 bits per heavy atom. The van der Waals surface area contributed by atoms with Crippen LogP contribution in [0.2, 0.25) is 0 Å². The van der Waals surface area contributed by atoms with E-state index in [1.165, 1.54) is 6.92 Å². The lowest BCUT2D eigenvalue weighted by molar-refractivity contribution is -0.123. The van der Waals surface area contributed by atoms with E-state index in [1.54, 1.807) is 25.3 Å². The molecule has 1 heterocycles. The van der Waals surface area contributed by atoms with E-state index in [1.807, 2.05) is 0 Å². The lowest BCUT2D eigenvalue weighted by atomic mass is 9.87. The number of nitrogens with one attached hydrogen (secondary N) is 1. The smallest absolute Gasteiger partial charge is 0.225 e. The first-order valence-corrected chi connectivity index (χ1v) is 5.10. The standard InChI is InChI=1S/C12H13NO3/c1-7(14)9-6-12(15)13-11-4-3-8(16-2)5-10(9)11/h3-5,9H,6H2,1-2H3,(H,13,15).